The van der Waals surface area contributed by atoms with Crippen LogP contribution in [0.5, 0.6) is 0 Å². The summed E-state index contributed by atoms with van der Waals surface area (Å²) in [5, 5.41) is 4.46. The summed E-state index contributed by atoms with van der Waals surface area (Å²) in [6.45, 7) is 7.79. The molecule has 0 saturated carbocycles. The molecule has 1 fully saturated rings. The van der Waals surface area contributed by atoms with Gasteiger partial charge in [0.25, 0.3) is 0 Å². The molecule has 0 amide bonds. The molecule has 1 aromatic rings. The van der Waals surface area contributed by atoms with Crippen molar-refractivity contribution in [3.8, 4) is 0 Å². The van der Waals surface area contributed by atoms with Gasteiger partial charge in [-0.3, -0.25) is 0 Å². The van der Waals surface area contributed by atoms with Crippen molar-refractivity contribution in [2.24, 2.45) is 0 Å². The van der Waals surface area contributed by atoms with Gasteiger partial charge in [0.1, 0.15) is 0 Å². The average molecular weight is 253 g/mol. The highest BCUT2D eigenvalue weighted by molar-refractivity contribution is 6.30. The lowest BCUT2D eigenvalue weighted by Gasteiger charge is -2.34. The molecule has 2 rings (SSSR count). The van der Waals surface area contributed by atoms with Crippen molar-refractivity contribution in [1.82, 2.24) is 5.32 Å². The minimum absolute atomic E-state index is 0.207. The molecular weight excluding hydrogens is 232 g/mol. The molecule has 0 radical (unpaired) electrons. The highest BCUT2D eigenvalue weighted by Crippen LogP contribution is 2.24. The zero-order valence-corrected chi connectivity index (χ0v) is 11.4. The topological polar surface area (TPSA) is 15.3 Å². The third-order valence-corrected chi connectivity index (χ3v) is 3.89. The van der Waals surface area contributed by atoms with E-state index in [1.807, 2.05) is 12.1 Å². The molecule has 2 nitrogen and oxygen atoms in total. The molecule has 17 heavy (non-hydrogen) atoms. The predicted molar refractivity (Wildman–Crippen MR) is 75.0 cm³/mol. The maximum absolute atomic E-state index is 6.07. The van der Waals surface area contributed by atoms with Crippen LogP contribution < -0.4 is 10.2 Å². The fourth-order valence-electron chi connectivity index (χ4n) is 2.35. The van der Waals surface area contributed by atoms with Gasteiger partial charge in [0.05, 0.1) is 0 Å². The maximum Gasteiger partial charge on any atom is 0.0426 e. The summed E-state index contributed by atoms with van der Waals surface area (Å²) in [7, 11) is 0. The molecule has 1 heterocycles. The molecule has 1 unspecified atom stereocenters. The first-order valence-corrected chi connectivity index (χ1v) is 6.76. The van der Waals surface area contributed by atoms with Crippen molar-refractivity contribution in [3.05, 3.63) is 29.3 Å². The summed E-state index contributed by atoms with van der Waals surface area (Å²) in [6.07, 6.45) is 2.33. The summed E-state index contributed by atoms with van der Waals surface area (Å²) >= 11 is 6.07. The molecule has 1 aliphatic heterocycles. The van der Waals surface area contributed by atoms with E-state index in [4.69, 9.17) is 11.6 Å². The number of halogens is 1. The second kappa shape index (κ2) is 5.28. The van der Waals surface area contributed by atoms with Crippen LogP contribution in [0.25, 0.3) is 0 Å². The minimum atomic E-state index is 0.207. The van der Waals surface area contributed by atoms with Gasteiger partial charge in [0.15, 0.2) is 0 Å². The first kappa shape index (κ1) is 12.7. The quantitative estimate of drug-likeness (QED) is 0.869. The van der Waals surface area contributed by atoms with Gasteiger partial charge < -0.3 is 10.2 Å². The summed E-state index contributed by atoms with van der Waals surface area (Å²) in [6, 6.07) is 8.16. The van der Waals surface area contributed by atoms with E-state index < -0.39 is 0 Å². The first-order chi connectivity index (χ1) is 8.13. The Bertz CT molecular complexity index is 380. The monoisotopic (exact) mass is 252 g/mol. The Hall–Kier alpha value is -0.730. The third kappa shape index (κ3) is 3.14. The SMILES string of the molecule is CCC1(C)CN(c2cccc(Cl)c2)CCCN1. The van der Waals surface area contributed by atoms with E-state index >= 15 is 0 Å². The lowest BCUT2D eigenvalue weighted by molar-refractivity contribution is 0.366. The third-order valence-electron chi connectivity index (χ3n) is 3.65. The Morgan fingerprint density at radius 1 is 1.47 bits per heavy atom. The predicted octanol–water partition coefficient (Wildman–Crippen LogP) is 3.31. The first-order valence-electron chi connectivity index (χ1n) is 6.38. The molecule has 1 N–H and O–H groups in total. The summed E-state index contributed by atoms with van der Waals surface area (Å²) < 4.78 is 0. The van der Waals surface area contributed by atoms with Crippen molar-refractivity contribution in [2.75, 3.05) is 24.5 Å². The summed E-state index contributed by atoms with van der Waals surface area (Å²) in [5.41, 5.74) is 1.44. The van der Waals surface area contributed by atoms with E-state index in [1.165, 1.54) is 12.1 Å². The van der Waals surface area contributed by atoms with Crippen LogP contribution in [-0.2, 0) is 0 Å². The van der Waals surface area contributed by atoms with Crippen LogP contribution >= 0.6 is 11.6 Å². The molecule has 94 valence electrons. The number of benzene rings is 1. The van der Waals surface area contributed by atoms with E-state index in [2.05, 4.69) is 36.2 Å². The average Bonchev–Trinajstić information content (AvgIpc) is 2.52. The van der Waals surface area contributed by atoms with E-state index in [-0.39, 0.29) is 5.54 Å². The van der Waals surface area contributed by atoms with Gasteiger partial charge in [-0.1, -0.05) is 24.6 Å². The van der Waals surface area contributed by atoms with Gasteiger partial charge in [-0.15, -0.1) is 0 Å². The molecule has 0 spiro atoms. The van der Waals surface area contributed by atoms with Crippen LogP contribution in [-0.4, -0.2) is 25.2 Å². The van der Waals surface area contributed by atoms with Crippen molar-refractivity contribution in [1.29, 1.82) is 0 Å². The molecule has 1 aromatic carbocycles. The van der Waals surface area contributed by atoms with Crippen LogP contribution in [0.15, 0.2) is 24.3 Å². The lowest BCUT2D eigenvalue weighted by Crippen LogP contribution is -2.48. The van der Waals surface area contributed by atoms with Crippen molar-refractivity contribution in [3.63, 3.8) is 0 Å². The highest BCUT2D eigenvalue weighted by Gasteiger charge is 2.27. The second-order valence-electron chi connectivity index (χ2n) is 5.10. The highest BCUT2D eigenvalue weighted by atomic mass is 35.5. The molecule has 1 aliphatic rings. The minimum Gasteiger partial charge on any atom is -0.370 e. The second-order valence-corrected chi connectivity index (χ2v) is 5.53. The molecule has 0 bridgehead atoms. The summed E-state index contributed by atoms with van der Waals surface area (Å²) in [4.78, 5) is 2.44. The molecule has 3 heteroatoms. The van der Waals surface area contributed by atoms with Gasteiger partial charge in [-0.05, 0) is 44.5 Å². The van der Waals surface area contributed by atoms with Crippen LogP contribution in [0.3, 0.4) is 0 Å². The summed E-state index contributed by atoms with van der Waals surface area (Å²) in [5.74, 6) is 0. The molecule has 1 saturated heterocycles. The fourth-order valence-corrected chi connectivity index (χ4v) is 2.53. The van der Waals surface area contributed by atoms with Gasteiger partial charge in [0, 0.05) is 29.3 Å². The zero-order valence-electron chi connectivity index (χ0n) is 10.7. The number of rotatable bonds is 2. The van der Waals surface area contributed by atoms with Gasteiger partial charge in [-0.2, -0.15) is 0 Å². The number of anilines is 1. The van der Waals surface area contributed by atoms with Crippen LogP contribution in [0.2, 0.25) is 5.02 Å². The Balaban J connectivity index is 2.19. The van der Waals surface area contributed by atoms with E-state index in [1.54, 1.807) is 0 Å². The lowest BCUT2D eigenvalue weighted by atomic mass is 9.98. The van der Waals surface area contributed by atoms with Crippen LogP contribution in [0.1, 0.15) is 26.7 Å². The van der Waals surface area contributed by atoms with Gasteiger partial charge in [0.2, 0.25) is 0 Å². The van der Waals surface area contributed by atoms with E-state index in [9.17, 15) is 0 Å². The maximum atomic E-state index is 6.07. The molecule has 0 aliphatic carbocycles. The molecular formula is C14H21ClN2. The molecule has 0 aromatic heterocycles. The van der Waals surface area contributed by atoms with Crippen molar-refractivity contribution >= 4 is 17.3 Å². The Morgan fingerprint density at radius 2 is 2.29 bits per heavy atom. The molecule has 1 atom stereocenters. The van der Waals surface area contributed by atoms with Crippen molar-refractivity contribution < 1.29 is 0 Å². The number of hydrogen-bond donors (Lipinski definition) is 1. The Kier molecular flexibility index (Phi) is 3.95. The van der Waals surface area contributed by atoms with Gasteiger partial charge in [-0.25, -0.2) is 0 Å². The van der Waals surface area contributed by atoms with E-state index in [0.29, 0.717) is 0 Å². The Morgan fingerprint density at radius 3 is 3.00 bits per heavy atom. The number of nitrogens with zero attached hydrogens (tertiary/aromatic N) is 1. The number of nitrogens with one attached hydrogen (secondary N) is 1. The van der Waals surface area contributed by atoms with Crippen LogP contribution in [0, 0.1) is 0 Å². The zero-order chi connectivity index (χ0) is 12.3. The normalized spacial score (nSPS) is 25.7. The largest absolute Gasteiger partial charge is 0.370 e. The standard InChI is InChI=1S/C14H21ClN2/c1-3-14(2)11-17(9-5-8-16-14)13-7-4-6-12(15)10-13/h4,6-7,10,16H,3,5,8-9,11H2,1-2H3. The smallest absolute Gasteiger partial charge is 0.0426 e. The van der Waals surface area contributed by atoms with E-state index in [0.717, 1.165) is 31.1 Å². The van der Waals surface area contributed by atoms with Crippen molar-refractivity contribution in [2.45, 2.75) is 32.2 Å². The van der Waals surface area contributed by atoms with Crippen LogP contribution in [0.4, 0.5) is 5.69 Å². The van der Waals surface area contributed by atoms with Gasteiger partial charge >= 0.3 is 0 Å². The Labute approximate surface area is 109 Å². The fraction of sp³-hybridized carbons (Fsp3) is 0.571. The number of hydrogen-bond acceptors (Lipinski definition) is 2.